The van der Waals surface area contributed by atoms with Crippen molar-refractivity contribution in [2.45, 2.75) is 41.5 Å². The molecule has 1 aromatic heterocycles. The molecule has 18 heavy (non-hydrogen) atoms. The zero-order chi connectivity index (χ0) is 14.7. The first-order valence-corrected chi connectivity index (χ1v) is 6.44. The van der Waals surface area contributed by atoms with Crippen LogP contribution < -0.4 is 4.74 Å². The van der Waals surface area contributed by atoms with Crippen molar-refractivity contribution in [3.05, 3.63) is 36.0 Å². The highest BCUT2D eigenvalue weighted by Crippen LogP contribution is 2.26. The van der Waals surface area contributed by atoms with Crippen molar-refractivity contribution in [3.63, 3.8) is 0 Å². The van der Waals surface area contributed by atoms with Gasteiger partial charge in [-0.2, -0.15) is 0 Å². The normalized spacial score (nSPS) is 8.17. The number of rotatable bonds is 3. The van der Waals surface area contributed by atoms with Gasteiger partial charge >= 0.3 is 0 Å². The van der Waals surface area contributed by atoms with Gasteiger partial charge in [0.15, 0.2) is 0 Å². The zero-order valence-electron chi connectivity index (χ0n) is 12.9. The average Bonchev–Trinajstić information content (AvgIpc) is 2.42. The van der Waals surface area contributed by atoms with Gasteiger partial charge < -0.3 is 4.74 Å². The van der Waals surface area contributed by atoms with Gasteiger partial charge in [-0.25, -0.2) is 4.98 Å². The minimum absolute atomic E-state index is 0.609. The highest BCUT2D eigenvalue weighted by molar-refractivity contribution is 5.74. The number of hydrogen-bond donors (Lipinski definition) is 0. The first-order chi connectivity index (χ1) is 8.60. The number of hydrogen-bond acceptors (Lipinski definition) is 2. The lowest BCUT2D eigenvalue weighted by molar-refractivity contribution is 0.396. The van der Waals surface area contributed by atoms with Crippen molar-refractivity contribution in [1.29, 1.82) is 0 Å². The third kappa shape index (κ3) is 5.17. The molecule has 0 bridgehead atoms. The minimum atomic E-state index is 0.609. The van der Waals surface area contributed by atoms with Crippen LogP contribution in [0.4, 0.5) is 0 Å². The minimum Gasteiger partial charge on any atom is -0.481 e. The van der Waals surface area contributed by atoms with E-state index in [2.05, 4.69) is 18.1 Å². The maximum atomic E-state index is 5.18. The summed E-state index contributed by atoms with van der Waals surface area (Å²) in [6.07, 6.45) is 1.75. The Morgan fingerprint density at radius 3 is 2.11 bits per heavy atom. The summed E-state index contributed by atoms with van der Waals surface area (Å²) in [4.78, 5) is 4.27. The Morgan fingerprint density at radius 2 is 1.78 bits per heavy atom. The Balaban J connectivity index is 0. The summed E-state index contributed by atoms with van der Waals surface area (Å²) >= 11 is 0. The van der Waals surface area contributed by atoms with E-state index in [1.807, 2.05) is 47.6 Å². The highest BCUT2D eigenvalue weighted by atomic mass is 16.5. The van der Waals surface area contributed by atoms with E-state index in [-0.39, 0.29) is 0 Å². The van der Waals surface area contributed by atoms with Gasteiger partial charge in [-0.15, -0.1) is 0 Å². The monoisotopic (exact) mass is 249 g/mol. The van der Waals surface area contributed by atoms with Crippen LogP contribution >= 0.6 is 0 Å². The second-order valence-corrected chi connectivity index (χ2v) is 3.22. The van der Waals surface area contributed by atoms with E-state index >= 15 is 0 Å². The zero-order valence-corrected chi connectivity index (χ0v) is 12.9. The maximum Gasteiger partial charge on any atom is 0.221 e. The average molecular weight is 249 g/mol. The summed E-state index contributed by atoms with van der Waals surface area (Å²) in [7, 11) is 1.61. The molecule has 0 aliphatic heterocycles. The smallest absolute Gasteiger partial charge is 0.221 e. The van der Waals surface area contributed by atoms with Crippen LogP contribution in [-0.4, -0.2) is 12.1 Å². The summed E-state index contributed by atoms with van der Waals surface area (Å²) < 4.78 is 5.18. The number of ether oxygens (including phenoxy) is 1. The summed E-state index contributed by atoms with van der Waals surface area (Å²) in [6, 6.07) is 1.99. The highest BCUT2D eigenvalue weighted by Gasteiger charge is 2.09. The lowest BCUT2D eigenvalue weighted by Crippen LogP contribution is -1.97. The number of nitrogens with zero attached hydrogens (tertiary/aromatic N) is 1. The van der Waals surface area contributed by atoms with Crippen LogP contribution in [0.1, 0.15) is 51.4 Å². The van der Waals surface area contributed by atoms with Gasteiger partial charge in [-0.3, -0.25) is 0 Å². The molecular weight excluding hydrogens is 222 g/mol. The molecule has 0 amide bonds. The SMILES string of the molecule is C=Cc1c(C(=C)C)cc(C)nc1OC.CC.CC. The molecule has 1 heterocycles. The molecule has 0 aliphatic rings. The fraction of sp³-hybridized carbons (Fsp3) is 0.438. The fourth-order valence-electron chi connectivity index (χ4n) is 1.36. The second-order valence-electron chi connectivity index (χ2n) is 3.22. The van der Waals surface area contributed by atoms with Gasteiger partial charge in [0.1, 0.15) is 0 Å². The van der Waals surface area contributed by atoms with Crippen molar-refractivity contribution in [2.24, 2.45) is 0 Å². The van der Waals surface area contributed by atoms with Crippen LogP contribution in [0.2, 0.25) is 0 Å². The molecule has 102 valence electrons. The van der Waals surface area contributed by atoms with Crippen LogP contribution in [0.15, 0.2) is 19.2 Å². The number of methoxy groups -OCH3 is 1. The molecule has 0 saturated heterocycles. The first kappa shape index (κ1) is 18.8. The van der Waals surface area contributed by atoms with E-state index in [1.54, 1.807) is 13.2 Å². The molecule has 2 heteroatoms. The Labute approximate surface area is 112 Å². The van der Waals surface area contributed by atoms with Gasteiger partial charge in [-0.1, -0.05) is 52.5 Å². The molecule has 0 unspecified atom stereocenters. The number of aryl methyl sites for hydroxylation is 1. The van der Waals surface area contributed by atoms with Crippen LogP contribution in [-0.2, 0) is 0 Å². The Morgan fingerprint density at radius 1 is 1.28 bits per heavy atom. The van der Waals surface area contributed by atoms with Gasteiger partial charge in [0, 0.05) is 11.3 Å². The molecule has 0 aromatic carbocycles. The Kier molecular flexibility index (Phi) is 11.0. The van der Waals surface area contributed by atoms with E-state index in [0.717, 1.165) is 22.4 Å². The van der Waals surface area contributed by atoms with Crippen molar-refractivity contribution >= 4 is 11.6 Å². The third-order valence-corrected chi connectivity index (χ3v) is 2.01. The molecule has 1 rings (SSSR count). The second kappa shape index (κ2) is 10.6. The molecule has 0 radical (unpaired) electrons. The third-order valence-electron chi connectivity index (χ3n) is 2.01. The number of pyridine rings is 1. The molecule has 0 fully saturated rings. The maximum absolute atomic E-state index is 5.18. The van der Waals surface area contributed by atoms with Crippen molar-refractivity contribution in [3.8, 4) is 5.88 Å². The van der Waals surface area contributed by atoms with E-state index in [0.29, 0.717) is 5.88 Å². The van der Waals surface area contributed by atoms with Gasteiger partial charge in [-0.05, 0) is 25.5 Å². The number of aromatic nitrogens is 1. The fourth-order valence-corrected chi connectivity index (χ4v) is 1.36. The molecule has 0 atom stereocenters. The van der Waals surface area contributed by atoms with Crippen LogP contribution in [0.5, 0.6) is 5.88 Å². The first-order valence-electron chi connectivity index (χ1n) is 6.44. The van der Waals surface area contributed by atoms with E-state index in [4.69, 9.17) is 4.74 Å². The summed E-state index contributed by atoms with van der Waals surface area (Å²) in [5, 5.41) is 0. The van der Waals surface area contributed by atoms with Gasteiger partial charge in [0.2, 0.25) is 5.88 Å². The summed E-state index contributed by atoms with van der Waals surface area (Å²) in [5.74, 6) is 0.609. The Hall–Kier alpha value is -1.57. The molecule has 0 N–H and O–H groups in total. The van der Waals surface area contributed by atoms with Crippen LogP contribution in [0.3, 0.4) is 0 Å². The molecule has 0 saturated carbocycles. The van der Waals surface area contributed by atoms with E-state index < -0.39 is 0 Å². The molecule has 2 nitrogen and oxygen atoms in total. The van der Waals surface area contributed by atoms with E-state index in [9.17, 15) is 0 Å². The number of allylic oxidation sites excluding steroid dienone is 1. The quantitative estimate of drug-likeness (QED) is 0.741. The standard InChI is InChI=1S/C12H15NO.2C2H6/c1-6-10-11(8(2)3)7-9(4)13-12(10)14-5;2*1-2/h6-7H,1-2H2,3-5H3;2*1-2H3. The predicted octanol–water partition coefficient (Wildman–Crippen LogP) is 5.13. The van der Waals surface area contributed by atoms with Crippen LogP contribution in [0, 0.1) is 6.92 Å². The lowest BCUT2D eigenvalue weighted by atomic mass is 10.0. The van der Waals surface area contributed by atoms with Crippen molar-refractivity contribution in [2.75, 3.05) is 7.11 Å². The topological polar surface area (TPSA) is 22.1 Å². The summed E-state index contributed by atoms with van der Waals surface area (Å²) in [6.45, 7) is 19.6. The van der Waals surface area contributed by atoms with Gasteiger partial charge in [0.05, 0.1) is 7.11 Å². The van der Waals surface area contributed by atoms with Crippen molar-refractivity contribution < 1.29 is 4.74 Å². The van der Waals surface area contributed by atoms with Crippen molar-refractivity contribution in [1.82, 2.24) is 4.98 Å². The lowest BCUT2D eigenvalue weighted by Gasteiger charge is -2.10. The summed E-state index contributed by atoms with van der Waals surface area (Å²) in [5.41, 5.74) is 3.86. The Bertz CT molecular complexity index is 381. The molecule has 0 spiro atoms. The van der Waals surface area contributed by atoms with Gasteiger partial charge in [0.25, 0.3) is 0 Å². The molecule has 0 aliphatic carbocycles. The predicted molar refractivity (Wildman–Crippen MR) is 83.0 cm³/mol. The molecular formula is C16H27NO. The largest absolute Gasteiger partial charge is 0.481 e. The van der Waals surface area contributed by atoms with E-state index in [1.165, 1.54) is 0 Å². The molecule has 1 aromatic rings. The van der Waals surface area contributed by atoms with Crippen LogP contribution in [0.25, 0.3) is 11.6 Å².